The standard InChI is InChI=1S/C15H17FN2O3/c16-15-12(6-5-9-17-15)21-11-4-2-1-3-10-18-13(19)7-8-14(18)20/h5-9H,1-4,10-11H2/i16-1. The van der Waals surface area contributed by atoms with Gasteiger partial charge in [0.2, 0.25) is 0 Å². The third-order valence-corrected chi connectivity index (χ3v) is 3.16. The van der Waals surface area contributed by atoms with Crippen LogP contribution >= 0.6 is 0 Å². The smallest absolute Gasteiger partial charge is 0.255 e. The summed E-state index contributed by atoms with van der Waals surface area (Å²) in [5.74, 6) is -0.918. The van der Waals surface area contributed by atoms with E-state index < -0.39 is 5.95 Å². The predicted molar refractivity (Wildman–Crippen MR) is 74.0 cm³/mol. The van der Waals surface area contributed by atoms with Crippen LogP contribution in [0.15, 0.2) is 30.5 Å². The number of hydrogen-bond acceptors (Lipinski definition) is 4. The first-order valence-electron chi connectivity index (χ1n) is 6.95. The molecule has 0 N–H and O–H groups in total. The van der Waals surface area contributed by atoms with Crippen LogP contribution in [-0.2, 0) is 9.59 Å². The molecular formula is C15H17FN2O3. The quantitative estimate of drug-likeness (QED) is 0.418. The highest BCUT2D eigenvalue weighted by molar-refractivity contribution is 6.12. The molecule has 0 aliphatic carbocycles. The lowest BCUT2D eigenvalue weighted by atomic mass is 10.2. The van der Waals surface area contributed by atoms with Gasteiger partial charge in [-0.05, 0) is 25.0 Å². The highest BCUT2D eigenvalue weighted by Gasteiger charge is 2.21. The highest BCUT2D eigenvalue weighted by atomic mass is 18.2. The number of pyridine rings is 1. The molecule has 112 valence electrons. The van der Waals surface area contributed by atoms with Gasteiger partial charge in [-0.1, -0.05) is 12.8 Å². The van der Waals surface area contributed by atoms with Gasteiger partial charge < -0.3 is 4.74 Å². The Morgan fingerprint density at radius 1 is 1.10 bits per heavy atom. The molecular weight excluding hydrogens is 274 g/mol. The minimum atomic E-state index is -0.601. The summed E-state index contributed by atoms with van der Waals surface area (Å²) in [5.41, 5.74) is 0. The van der Waals surface area contributed by atoms with Gasteiger partial charge in [0.05, 0.1) is 6.61 Å². The van der Waals surface area contributed by atoms with Crippen molar-refractivity contribution in [3.05, 3.63) is 36.4 Å². The van der Waals surface area contributed by atoms with Crippen molar-refractivity contribution in [1.82, 2.24) is 9.88 Å². The van der Waals surface area contributed by atoms with Crippen LogP contribution in [0.3, 0.4) is 0 Å². The Morgan fingerprint density at radius 2 is 1.81 bits per heavy atom. The molecule has 5 nitrogen and oxygen atoms in total. The summed E-state index contributed by atoms with van der Waals surface area (Å²) < 4.78 is 18.4. The number of amides is 2. The molecule has 0 radical (unpaired) electrons. The minimum absolute atomic E-state index is 0.164. The molecule has 1 aromatic rings. The fraction of sp³-hybridized carbons (Fsp3) is 0.400. The number of carbonyl (C=O) groups is 2. The van der Waals surface area contributed by atoms with E-state index >= 15 is 0 Å². The van der Waals surface area contributed by atoms with E-state index in [-0.39, 0.29) is 17.6 Å². The Labute approximate surface area is 122 Å². The maximum absolute atomic E-state index is 13.2. The summed E-state index contributed by atoms with van der Waals surface area (Å²) in [6, 6.07) is 3.16. The monoisotopic (exact) mass is 291 g/mol. The number of rotatable bonds is 8. The zero-order chi connectivity index (χ0) is 15.1. The molecule has 1 aliphatic heterocycles. The number of carbonyl (C=O) groups excluding carboxylic acids is 2. The van der Waals surface area contributed by atoms with Crippen LogP contribution in [0.5, 0.6) is 5.75 Å². The summed E-state index contributed by atoms with van der Waals surface area (Å²) in [6.45, 7) is 0.870. The second-order valence-corrected chi connectivity index (χ2v) is 4.72. The lowest BCUT2D eigenvalue weighted by molar-refractivity contribution is -0.136. The number of aromatic nitrogens is 1. The van der Waals surface area contributed by atoms with Crippen LogP contribution in [-0.4, -0.2) is 34.8 Å². The average molecular weight is 291 g/mol. The van der Waals surface area contributed by atoms with Gasteiger partial charge in [-0.15, -0.1) is 0 Å². The van der Waals surface area contributed by atoms with Crippen LogP contribution in [0.25, 0.3) is 0 Å². The third kappa shape index (κ3) is 4.37. The first kappa shape index (κ1) is 15.2. The van der Waals surface area contributed by atoms with Crippen LogP contribution in [0.4, 0.5) is 4.39 Å². The van der Waals surface area contributed by atoms with Gasteiger partial charge in [-0.3, -0.25) is 14.5 Å². The second-order valence-electron chi connectivity index (χ2n) is 4.72. The Kier molecular flexibility index (Phi) is 5.43. The molecule has 0 spiro atoms. The number of hydrogen-bond donors (Lipinski definition) is 0. The molecule has 2 rings (SSSR count). The van der Waals surface area contributed by atoms with E-state index in [0.29, 0.717) is 13.2 Å². The molecule has 0 saturated heterocycles. The molecule has 0 unspecified atom stereocenters. The van der Waals surface area contributed by atoms with Crippen molar-refractivity contribution in [2.24, 2.45) is 0 Å². The van der Waals surface area contributed by atoms with Crippen LogP contribution in [0.2, 0.25) is 0 Å². The van der Waals surface area contributed by atoms with E-state index in [1.165, 1.54) is 23.2 Å². The van der Waals surface area contributed by atoms with E-state index in [9.17, 15) is 14.0 Å². The Bertz CT molecular complexity index is 527. The molecule has 1 aromatic heterocycles. The minimum Gasteiger partial charge on any atom is -0.489 e. The molecule has 1 aliphatic rings. The van der Waals surface area contributed by atoms with E-state index in [1.807, 2.05) is 0 Å². The van der Waals surface area contributed by atoms with Crippen molar-refractivity contribution in [2.75, 3.05) is 13.2 Å². The van der Waals surface area contributed by atoms with Crippen LogP contribution in [0, 0.1) is 5.95 Å². The number of ether oxygens (including phenoxy) is 1. The number of unbranched alkanes of at least 4 members (excludes halogenated alkanes) is 3. The average Bonchev–Trinajstić information content (AvgIpc) is 2.79. The lowest BCUT2D eigenvalue weighted by Crippen LogP contribution is -2.30. The van der Waals surface area contributed by atoms with Gasteiger partial charge in [0.25, 0.3) is 17.8 Å². The lowest BCUT2D eigenvalue weighted by Gasteiger charge is -2.13. The zero-order valence-electron chi connectivity index (χ0n) is 11.6. The maximum atomic E-state index is 13.2. The summed E-state index contributed by atoms with van der Waals surface area (Å²) in [5, 5.41) is 0. The highest BCUT2D eigenvalue weighted by Crippen LogP contribution is 2.14. The molecule has 0 bridgehead atoms. The molecule has 2 heterocycles. The van der Waals surface area contributed by atoms with Crippen molar-refractivity contribution >= 4 is 11.8 Å². The first-order valence-corrected chi connectivity index (χ1v) is 6.95. The molecule has 21 heavy (non-hydrogen) atoms. The summed E-state index contributed by atoms with van der Waals surface area (Å²) in [4.78, 5) is 27.3. The number of halogens is 1. The molecule has 0 saturated carbocycles. The van der Waals surface area contributed by atoms with Gasteiger partial charge >= 0.3 is 0 Å². The van der Waals surface area contributed by atoms with Crippen molar-refractivity contribution in [3.8, 4) is 5.75 Å². The van der Waals surface area contributed by atoms with Crippen molar-refractivity contribution < 1.29 is 18.7 Å². The van der Waals surface area contributed by atoms with Crippen molar-refractivity contribution in [2.45, 2.75) is 25.7 Å². The zero-order valence-corrected chi connectivity index (χ0v) is 11.6. The number of imide groups is 1. The largest absolute Gasteiger partial charge is 0.489 e. The maximum Gasteiger partial charge on any atom is 0.255 e. The first-order chi connectivity index (χ1) is 10.2. The molecule has 6 heteroatoms. The summed E-state index contributed by atoms with van der Waals surface area (Å²) in [6.07, 6.45) is 7.28. The third-order valence-electron chi connectivity index (χ3n) is 3.16. The van der Waals surface area contributed by atoms with E-state index in [0.717, 1.165) is 25.7 Å². The van der Waals surface area contributed by atoms with Gasteiger partial charge in [0.15, 0.2) is 5.75 Å². The fourth-order valence-electron chi connectivity index (χ4n) is 2.04. The Hall–Kier alpha value is -2.24. The molecule has 0 aromatic carbocycles. The predicted octanol–water partition coefficient (Wildman–Crippen LogP) is 2.08. The second kappa shape index (κ2) is 7.52. The van der Waals surface area contributed by atoms with Crippen molar-refractivity contribution in [3.63, 3.8) is 0 Å². The fourth-order valence-corrected chi connectivity index (χ4v) is 2.04. The normalized spacial score (nSPS) is 14.0. The van der Waals surface area contributed by atoms with E-state index in [4.69, 9.17) is 4.74 Å². The van der Waals surface area contributed by atoms with Crippen LogP contribution < -0.4 is 4.74 Å². The van der Waals surface area contributed by atoms with E-state index in [1.54, 1.807) is 12.1 Å². The number of nitrogens with zero attached hydrogens (tertiary/aromatic N) is 2. The van der Waals surface area contributed by atoms with E-state index in [2.05, 4.69) is 4.98 Å². The van der Waals surface area contributed by atoms with Crippen molar-refractivity contribution in [1.29, 1.82) is 0 Å². The molecule has 0 atom stereocenters. The van der Waals surface area contributed by atoms with Gasteiger partial charge in [0.1, 0.15) is 0 Å². The Morgan fingerprint density at radius 3 is 2.52 bits per heavy atom. The van der Waals surface area contributed by atoms with Gasteiger partial charge in [-0.2, -0.15) is 4.39 Å². The van der Waals surface area contributed by atoms with Gasteiger partial charge in [0, 0.05) is 24.9 Å². The molecule has 2 amide bonds. The van der Waals surface area contributed by atoms with Crippen LogP contribution in [0.1, 0.15) is 25.7 Å². The van der Waals surface area contributed by atoms with Gasteiger partial charge in [-0.25, -0.2) is 4.98 Å². The molecule has 0 fully saturated rings. The summed E-state index contributed by atoms with van der Waals surface area (Å²) >= 11 is 0. The topological polar surface area (TPSA) is 59.5 Å². The SMILES string of the molecule is O=C1C=CC(=O)N1CCCCCCOc1cccnc1[18F]. The summed E-state index contributed by atoms with van der Waals surface area (Å²) in [7, 11) is 0. The Balaban J connectivity index is 1.54.